The maximum absolute atomic E-state index is 15.0. The largest absolute Gasteiger partial charge is 0.354 e. The van der Waals surface area contributed by atoms with Crippen LogP contribution < -0.4 is 9.62 Å². The van der Waals surface area contributed by atoms with Gasteiger partial charge in [-0.15, -0.1) is 0 Å². The smallest absolute Gasteiger partial charge is 0.264 e. The average Bonchev–Trinajstić information content (AvgIpc) is 3.04. The minimum absolute atomic E-state index is 0.0230. The Hall–Kier alpha value is -4.50. The molecule has 7 nitrogen and oxygen atoms in total. The Morgan fingerprint density at radius 2 is 1.49 bits per heavy atom. The molecule has 236 valence electrons. The number of halogens is 1. The second-order valence-corrected chi connectivity index (χ2v) is 12.9. The van der Waals surface area contributed by atoms with Crippen LogP contribution in [0.1, 0.15) is 42.0 Å². The quantitative estimate of drug-likeness (QED) is 0.169. The molecule has 4 aromatic carbocycles. The van der Waals surface area contributed by atoms with Crippen LogP contribution in [-0.2, 0) is 32.6 Å². The summed E-state index contributed by atoms with van der Waals surface area (Å²) in [5, 5.41) is 2.94. The van der Waals surface area contributed by atoms with Crippen LogP contribution >= 0.6 is 0 Å². The molecular weight excluding hydrogens is 589 g/mol. The van der Waals surface area contributed by atoms with Crippen LogP contribution in [0, 0.1) is 19.7 Å². The number of nitrogens with one attached hydrogen (secondary N) is 1. The van der Waals surface area contributed by atoms with Gasteiger partial charge in [-0.05, 0) is 67.3 Å². The maximum atomic E-state index is 15.0. The minimum Gasteiger partial charge on any atom is -0.354 e. The highest BCUT2D eigenvalue weighted by atomic mass is 32.2. The van der Waals surface area contributed by atoms with Crippen LogP contribution in [0.25, 0.3) is 0 Å². The Labute approximate surface area is 265 Å². The van der Waals surface area contributed by atoms with Crippen molar-refractivity contribution in [1.82, 2.24) is 10.2 Å². The maximum Gasteiger partial charge on any atom is 0.264 e. The minimum atomic E-state index is -4.20. The van der Waals surface area contributed by atoms with Gasteiger partial charge in [0.25, 0.3) is 10.0 Å². The predicted octanol–water partition coefficient (Wildman–Crippen LogP) is 6.19. The summed E-state index contributed by atoms with van der Waals surface area (Å²) in [7, 11) is -4.20. The Bertz CT molecular complexity index is 1700. The number of aryl methyl sites for hydroxylation is 2. The molecule has 4 aromatic rings. The average molecular weight is 630 g/mol. The van der Waals surface area contributed by atoms with E-state index < -0.39 is 34.3 Å². The van der Waals surface area contributed by atoms with Crippen molar-refractivity contribution in [2.75, 3.05) is 17.4 Å². The molecule has 45 heavy (non-hydrogen) atoms. The predicted molar refractivity (Wildman–Crippen MR) is 176 cm³/mol. The van der Waals surface area contributed by atoms with Crippen molar-refractivity contribution in [1.29, 1.82) is 0 Å². The van der Waals surface area contributed by atoms with E-state index in [1.54, 1.807) is 54.6 Å². The van der Waals surface area contributed by atoms with E-state index in [2.05, 4.69) is 5.32 Å². The lowest BCUT2D eigenvalue weighted by atomic mass is 10.0. The van der Waals surface area contributed by atoms with Crippen molar-refractivity contribution in [3.8, 4) is 0 Å². The van der Waals surface area contributed by atoms with Gasteiger partial charge in [0.05, 0.1) is 10.6 Å². The van der Waals surface area contributed by atoms with Crippen LogP contribution in [0.3, 0.4) is 0 Å². The summed E-state index contributed by atoms with van der Waals surface area (Å²) in [5.74, 6) is -1.55. The molecule has 0 bridgehead atoms. The molecule has 0 aliphatic rings. The lowest BCUT2D eigenvalue weighted by Crippen LogP contribution is -2.53. The number of anilines is 1. The van der Waals surface area contributed by atoms with Crippen molar-refractivity contribution in [3.63, 3.8) is 0 Å². The number of hydrogen-bond acceptors (Lipinski definition) is 4. The van der Waals surface area contributed by atoms with Gasteiger partial charge in [0.1, 0.15) is 18.4 Å². The van der Waals surface area contributed by atoms with E-state index in [1.165, 1.54) is 23.1 Å². The summed E-state index contributed by atoms with van der Waals surface area (Å²) in [6.45, 7) is 5.39. The van der Waals surface area contributed by atoms with Crippen molar-refractivity contribution < 1.29 is 22.4 Å². The van der Waals surface area contributed by atoms with Crippen molar-refractivity contribution in [3.05, 3.63) is 131 Å². The lowest BCUT2D eigenvalue weighted by molar-refractivity contribution is -0.140. The fourth-order valence-corrected chi connectivity index (χ4v) is 6.43. The number of carbonyl (C=O) groups excluding carboxylic acids is 2. The second-order valence-electron chi connectivity index (χ2n) is 11.1. The Morgan fingerprint density at radius 1 is 0.844 bits per heavy atom. The SMILES string of the molecule is CCCCNC(=O)[C@@H](Cc1ccccc1)N(Cc1ccccc1F)C(=O)CN(c1ccc(C)c(C)c1)S(=O)(=O)c1ccccc1. The summed E-state index contributed by atoms with van der Waals surface area (Å²) in [6.07, 6.45) is 1.78. The van der Waals surface area contributed by atoms with Crippen LogP contribution in [0.4, 0.5) is 10.1 Å². The molecule has 0 saturated carbocycles. The van der Waals surface area contributed by atoms with Crippen molar-refractivity contribution in [2.24, 2.45) is 0 Å². The summed E-state index contributed by atoms with van der Waals surface area (Å²) < 4.78 is 44.3. The first-order chi connectivity index (χ1) is 21.6. The molecule has 9 heteroatoms. The van der Waals surface area contributed by atoms with Gasteiger partial charge in [-0.2, -0.15) is 0 Å². The number of benzene rings is 4. The van der Waals surface area contributed by atoms with Crippen LogP contribution in [-0.4, -0.2) is 44.3 Å². The fraction of sp³-hybridized carbons (Fsp3) is 0.278. The normalized spacial score (nSPS) is 11.9. The Balaban J connectivity index is 1.81. The number of amides is 2. The van der Waals surface area contributed by atoms with E-state index >= 15 is 4.39 Å². The molecule has 0 saturated heterocycles. The lowest BCUT2D eigenvalue weighted by Gasteiger charge is -2.34. The summed E-state index contributed by atoms with van der Waals surface area (Å²) in [4.78, 5) is 29.6. The third-order valence-electron chi connectivity index (χ3n) is 7.79. The summed E-state index contributed by atoms with van der Waals surface area (Å²) >= 11 is 0. The van der Waals surface area contributed by atoms with Gasteiger partial charge >= 0.3 is 0 Å². The molecule has 1 N–H and O–H groups in total. The third-order valence-corrected chi connectivity index (χ3v) is 9.58. The van der Waals surface area contributed by atoms with Gasteiger partial charge < -0.3 is 10.2 Å². The summed E-state index contributed by atoms with van der Waals surface area (Å²) in [6, 6.07) is 27.4. The van der Waals surface area contributed by atoms with E-state index in [4.69, 9.17) is 0 Å². The molecule has 0 heterocycles. The molecule has 4 rings (SSSR count). The first-order valence-corrected chi connectivity index (χ1v) is 16.6. The monoisotopic (exact) mass is 629 g/mol. The Kier molecular flexibility index (Phi) is 11.5. The number of nitrogens with zero attached hydrogens (tertiary/aromatic N) is 2. The molecule has 0 aliphatic carbocycles. The topological polar surface area (TPSA) is 86.8 Å². The van der Waals surface area contributed by atoms with Gasteiger partial charge in [0, 0.05) is 25.1 Å². The second kappa shape index (κ2) is 15.5. The number of carbonyl (C=O) groups is 2. The molecule has 0 spiro atoms. The first-order valence-electron chi connectivity index (χ1n) is 15.1. The highest BCUT2D eigenvalue weighted by molar-refractivity contribution is 7.92. The zero-order valence-electron chi connectivity index (χ0n) is 25.9. The summed E-state index contributed by atoms with van der Waals surface area (Å²) in [5.41, 5.74) is 3.16. The standard InChI is InChI=1S/C36H40FN3O4S/c1-4-5-22-38-36(42)34(24-29-14-8-6-9-15-29)39(25-30-16-12-13-19-33(30)37)35(41)26-40(31-21-20-27(2)28(3)23-31)45(43,44)32-17-10-7-11-18-32/h6-21,23,34H,4-5,22,24-26H2,1-3H3,(H,38,42)/t34-/m1/s1. The Morgan fingerprint density at radius 3 is 2.13 bits per heavy atom. The van der Waals surface area contributed by atoms with Crippen LogP contribution in [0.5, 0.6) is 0 Å². The van der Waals surface area contributed by atoms with Gasteiger partial charge in [0.15, 0.2) is 0 Å². The van der Waals surface area contributed by atoms with Gasteiger partial charge in [0.2, 0.25) is 11.8 Å². The highest BCUT2D eigenvalue weighted by Crippen LogP contribution is 2.27. The zero-order chi connectivity index (χ0) is 32.4. The number of sulfonamides is 1. The third kappa shape index (κ3) is 8.57. The molecule has 2 amide bonds. The molecule has 0 radical (unpaired) electrons. The van der Waals surface area contributed by atoms with Gasteiger partial charge in [-0.25, -0.2) is 12.8 Å². The molecule has 0 unspecified atom stereocenters. The highest BCUT2D eigenvalue weighted by Gasteiger charge is 2.35. The van der Waals surface area contributed by atoms with Crippen molar-refractivity contribution >= 4 is 27.5 Å². The fourth-order valence-electron chi connectivity index (χ4n) is 5.00. The van der Waals surface area contributed by atoms with Crippen LogP contribution in [0.2, 0.25) is 0 Å². The van der Waals surface area contributed by atoms with E-state index in [0.29, 0.717) is 12.2 Å². The van der Waals surface area contributed by atoms with E-state index in [9.17, 15) is 18.0 Å². The molecular formula is C36H40FN3O4S. The van der Waals surface area contributed by atoms with E-state index in [1.807, 2.05) is 51.1 Å². The molecule has 0 fully saturated rings. The van der Waals surface area contributed by atoms with Gasteiger partial charge in [-0.1, -0.05) is 86.1 Å². The molecule has 0 aromatic heterocycles. The molecule has 1 atom stereocenters. The van der Waals surface area contributed by atoms with Crippen LogP contribution in [0.15, 0.2) is 108 Å². The number of rotatable bonds is 14. The molecule has 0 aliphatic heterocycles. The first kappa shape index (κ1) is 33.4. The zero-order valence-corrected chi connectivity index (χ0v) is 26.8. The number of hydrogen-bond donors (Lipinski definition) is 1. The van der Waals surface area contributed by atoms with E-state index in [-0.39, 0.29) is 29.3 Å². The van der Waals surface area contributed by atoms with E-state index in [0.717, 1.165) is 33.8 Å². The number of unbranched alkanes of at least 4 members (excludes halogenated alkanes) is 1. The van der Waals surface area contributed by atoms with Gasteiger partial charge in [-0.3, -0.25) is 13.9 Å². The van der Waals surface area contributed by atoms with Crippen molar-refractivity contribution in [2.45, 2.75) is 57.5 Å².